The maximum atomic E-state index is 12.7. The van der Waals surface area contributed by atoms with E-state index in [1.807, 2.05) is 61.5 Å². The highest BCUT2D eigenvalue weighted by Gasteiger charge is 2.13. The van der Waals surface area contributed by atoms with Gasteiger partial charge in [-0.25, -0.2) is 4.79 Å². The zero-order chi connectivity index (χ0) is 31.7. The van der Waals surface area contributed by atoms with Gasteiger partial charge in [0.05, 0.1) is 25.5 Å². The number of hydrogen-bond donors (Lipinski definition) is 4. The SMILES string of the molecule is CCOC(=O)NC(C)c1cccc(CC(=O)NC(CCC(=N)CCCCc2nnc(NC(=O)Cc3ccccc3)s2)=NC)c1. The molecule has 0 aliphatic heterocycles. The first-order valence-corrected chi connectivity index (χ1v) is 15.6. The molecule has 0 spiro atoms. The normalized spacial score (nSPS) is 11.8. The molecule has 11 nitrogen and oxygen atoms in total. The van der Waals surface area contributed by atoms with Crippen LogP contribution in [0.2, 0.25) is 0 Å². The van der Waals surface area contributed by atoms with Crippen LogP contribution in [0.4, 0.5) is 9.93 Å². The molecule has 0 fully saturated rings. The summed E-state index contributed by atoms with van der Waals surface area (Å²) in [6.45, 7) is 3.90. The van der Waals surface area contributed by atoms with Gasteiger partial charge in [-0.05, 0) is 56.2 Å². The van der Waals surface area contributed by atoms with Crippen LogP contribution in [0.15, 0.2) is 59.6 Å². The second kappa shape index (κ2) is 18.3. The number of rotatable bonds is 16. The molecule has 0 saturated carbocycles. The quantitative estimate of drug-likeness (QED) is 0.0951. The van der Waals surface area contributed by atoms with Crippen LogP contribution < -0.4 is 16.0 Å². The molecule has 44 heavy (non-hydrogen) atoms. The average Bonchev–Trinajstić information content (AvgIpc) is 3.44. The third kappa shape index (κ3) is 12.4. The maximum Gasteiger partial charge on any atom is 0.407 e. The molecule has 0 aliphatic carbocycles. The van der Waals surface area contributed by atoms with Crippen molar-refractivity contribution < 1.29 is 19.1 Å². The topological polar surface area (TPSA) is 159 Å². The number of alkyl carbamates (subject to hydrolysis) is 1. The van der Waals surface area contributed by atoms with E-state index in [-0.39, 0.29) is 30.7 Å². The molecule has 1 aromatic heterocycles. The lowest BCUT2D eigenvalue weighted by molar-refractivity contribution is -0.119. The lowest BCUT2D eigenvalue weighted by Gasteiger charge is -2.15. The molecular formula is C32H41N7O4S. The molecule has 4 N–H and O–H groups in total. The van der Waals surface area contributed by atoms with E-state index in [0.717, 1.165) is 41.0 Å². The Bertz CT molecular complexity index is 1420. The fourth-order valence-corrected chi connectivity index (χ4v) is 5.18. The second-order valence-corrected chi connectivity index (χ2v) is 11.3. The van der Waals surface area contributed by atoms with Crippen LogP contribution in [0.5, 0.6) is 0 Å². The van der Waals surface area contributed by atoms with Crippen molar-refractivity contribution in [2.24, 2.45) is 4.99 Å². The molecule has 1 unspecified atom stereocenters. The summed E-state index contributed by atoms with van der Waals surface area (Å²) < 4.78 is 4.94. The van der Waals surface area contributed by atoms with Crippen molar-refractivity contribution >= 4 is 45.9 Å². The van der Waals surface area contributed by atoms with E-state index in [1.165, 1.54) is 11.3 Å². The number of nitrogens with one attached hydrogen (secondary N) is 4. The summed E-state index contributed by atoms with van der Waals surface area (Å²) in [7, 11) is 1.63. The number of aromatic nitrogens is 2. The zero-order valence-corrected chi connectivity index (χ0v) is 26.3. The van der Waals surface area contributed by atoms with Gasteiger partial charge < -0.3 is 26.1 Å². The third-order valence-electron chi connectivity index (χ3n) is 6.68. The largest absolute Gasteiger partial charge is 0.450 e. The molecule has 3 rings (SSSR count). The molecule has 3 aromatic rings. The minimum atomic E-state index is -0.482. The number of amides is 3. The van der Waals surface area contributed by atoms with Crippen LogP contribution in [-0.4, -0.2) is 53.3 Å². The number of carbonyl (C=O) groups excluding carboxylic acids is 3. The van der Waals surface area contributed by atoms with E-state index < -0.39 is 6.09 Å². The average molecular weight is 620 g/mol. The summed E-state index contributed by atoms with van der Waals surface area (Å²) in [6, 6.07) is 16.8. The number of hydrogen-bond acceptors (Lipinski definition) is 9. The Morgan fingerprint density at radius 3 is 2.45 bits per heavy atom. The Morgan fingerprint density at radius 2 is 1.70 bits per heavy atom. The van der Waals surface area contributed by atoms with E-state index in [0.29, 0.717) is 42.5 Å². The Labute approximate surface area is 262 Å². The number of amidine groups is 1. The molecule has 0 aliphatic rings. The second-order valence-electron chi connectivity index (χ2n) is 10.2. The molecule has 1 atom stereocenters. The first kappa shape index (κ1) is 34.0. The molecule has 12 heteroatoms. The van der Waals surface area contributed by atoms with Gasteiger partial charge in [-0.3, -0.25) is 14.6 Å². The first-order valence-electron chi connectivity index (χ1n) is 14.8. The molecule has 0 saturated heterocycles. The smallest absolute Gasteiger partial charge is 0.407 e. The van der Waals surface area contributed by atoms with Crippen molar-refractivity contribution in [2.75, 3.05) is 19.0 Å². The minimum Gasteiger partial charge on any atom is -0.450 e. The molecule has 1 heterocycles. The van der Waals surface area contributed by atoms with E-state index in [2.05, 4.69) is 31.1 Å². The van der Waals surface area contributed by atoms with Crippen LogP contribution >= 0.6 is 11.3 Å². The summed E-state index contributed by atoms with van der Waals surface area (Å²) in [4.78, 5) is 40.8. The Balaban J connectivity index is 1.33. The van der Waals surface area contributed by atoms with Gasteiger partial charge >= 0.3 is 6.09 Å². The van der Waals surface area contributed by atoms with E-state index in [4.69, 9.17) is 10.1 Å². The first-order chi connectivity index (χ1) is 21.2. The van der Waals surface area contributed by atoms with Gasteiger partial charge in [0.25, 0.3) is 0 Å². The number of anilines is 1. The van der Waals surface area contributed by atoms with Crippen molar-refractivity contribution in [3.05, 3.63) is 76.3 Å². The van der Waals surface area contributed by atoms with Crippen molar-refractivity contribution in [1.82, 2.24) is 20.8 Å². The Kier molecular flexibility index (Phi) is 14.1. The van der Waals surface area contributed by atoms with Gasteiger partial charge in [-0.15, -0.1) is 10.2 Å². The highest BCUT2D eigenvalue weighted by Crippen LogP contribution is 2.18. The minimum absolute atomic E-state index is 0.122. The van der Waals surface area contributed by atoms with Crippen molar-refractivity contribution in [2.45, 2.75) is 71.3 Å². The lowest BCUT2D eigenvalue weighted by atomic mass is 10.0. The molecule has 234 valence electrons. The summed E-state index contributed by atoms with van der Waals surface area (Å²) in [5.41, 5.74) is 3.23. The highest BCUT2D eigenvalue weighted by atomic mass is 32.1. The molecule has 0 radical (unpaired) electrons. The van der Waals surface area contributed by atoms with E-state index in [9.17, 15) is 14.4 Å². The number of nitrogens with zero attached hydrogens (tertiary/aromatic N) is 3. The van der Waals surface area contributed by atoms with Gasteiger partial charge in [0, 0.05) is 25.6 Å². The van der Waals surface area contributed by atoms with E-state index >= 15 is 0 Å². The van der Waals surface area contributed by atoms with Crippen molar-refractivity contribution in [3.8, 4) is 0 Å². The molecule has 3 amide bonds. The molecule has 2 aromatic carbocycles. The number of benzene rings is 2. The number of aryl methyl sites for hydroxylation is 1. The van der Waals surface area contributed by atoms with Gasteiger partial charge in [0.2, 0.25) is 16.9 Å². The monoisotopic (exact) mass is 619 g/mol. The standard InChI is InChI=1S/C32H41N7O4S/c1-4-43-32(42)35-22(2)25-14-10-13-24(19-25)21-28(40)36-27(34-3)18-17-26(33)15-8-9-16-30-38-39-31(44-30)37-29(41)20-23-11-6-5-7-12-23/h5-7,10-14,19,22,33H,4,8-9,15-18,20-21H2,1-3H3,(H,35,42)(H,34,36,40)(H,37,39,41). The lowest BCUT2D eigenvalue weighted by Crippen LogP contribution is -2.32. The van der Waals surface area contributed by atoms with Crippen LogP contribution in [0.1, 0.15) is 73.7 Å². The van der Waals surface area contributed by atoms with E-state index in [1.54, 1.807) is 14.0 Å². The van der Waals surface area contributed by atoms with Crippen LogP contribution in [0, 0.1) is 5.41 Å². The predicted molar refractivity (Wildman–Crippen MR) is 173 cm³/mol. The number of unbranched alkanes of at least 4 members (excludes halogenated alkanes) is 1. The zero-order valence-electron chi connectivity index (χ0n) is 25.5. The highest BCUT2D eigenvalue weighted by molar-refractivity contribution is 7.15. The number of carbonyl (C=O) groups is 3. The molecule has 0 bridgehead atoms. The van der Waals surface area contributed by atoms with Gasteiger partial charge in [0.1, 0.15) is 10.8 Å². The Morgan fingerprint density at radius 1 is 0.955 bits per heavy atom. The Hall–Kier alpha value is -4.45. The maximum absolute atomic E-state index is 12.7. The summed E-state index contributed by atoms with van der Waals surface area (Å²) >= 11 is 1.37. The summed E-state index contributed by atoms with van der Waals surface area (Å²) in [5.74, 6) is 0.236. The summed E-state index contributed by atoms with van der Waals surface area (Å²) in [5, 5.41) is 26.4. The van der Waals surface area contributed by atoms with Crippen LogP contribution in [0.25, 0.3) is 0 Å². The summed E-state index contributed by atoms with van der Waals surface area (Å²) in [6.07, 6.45) is 4.03. The fourth-order valence-electron chi connectivity index (χ4n) is 4.38. The van der Waals surface area contributed by atoms with Crippen LogP contribution in [-0.2, 0) is 33.6 Å². The number of aliphatic imine (C=N–C) groups is 1. The van der Waals surface area contributed by atoms with Gasteiger partial charge in [-0.2, -0.15) is 0 Å². The predicted octanol–water partition coefficient (Wildman–Crippen LogP) is 5.43. The molecular weight excluding hydrogens is 578 g/mol. The van der Waals surface area contributed by atoms with Crippen molar-refractivity contribution in [1.29, 1.82) is 5.41 Å². The number of ether oxygens (including phenoxy) is 1. The van der Waals surface area contributed by atoms with Crippen molar-refractivity contribution in [3.63, 3.8) is 0 Å². The third-order valence-corrected chi connectivity index (χ3v) is 7.58. The fraction of sp³-hybridized carbons (Fsp3) is 0.406. The van der Waals surface area contributed by atoms with Gasteiger partial charge in [0.15, 0.2) is 0 Å². The van der Waals surface area contributed by atoms with Crippen LogP contribution in [0.3, 0.4) is 0 Å². The van der Waals surface area contributed by atoms with Gasteiger partial charge in [-0.1, -0.05) is 65.9 Å².